The molecule has 2 aliphatic carbocycles. The molecule has 5 nitrogen and oxygen atoms in total. The number of carbonyl (C=O) groups is 1. The van der Waals surface area contributed by atoms with Crippen LogP contribution in [0.4, 0.5) is 0 Å². The van der Waals surface area contributed by atoms with Gasteiger partial charge in [-0.1, -0.05) is 56.3 Å². The Morgan fingerprint density at radius 1 is 1.05 bits per heavy atom. The van der Waals surface area contributed by atoms with Gasteiger partial charge in [-0.25, -0.2) is 12.4 Å². The molecule has 0 spiro atoms. The molecule has 2 aliphatic rings. The zero-order chi connectivity index (χ0) is 28.3. The monoisotopic (exact) mass is 555 g/mol. The fourth-order valence-corrected chi connectivity index (χ4v) is 9.53. The van der Waals surface area contributed by atoms with E-state index in [1.165, 1.54) is 16.5 Å². The predicted molar refractivity (Wildman–Crippen MR) is 160 cm³/mol. The lowest BCUT2D eigenvalue weighted by Crippen LogP contribution is -2.61. The highest BCUT2D eigenvalue weighted by Crippen LogP contribution is 2.63. The first kappa shape index (κ1) is 26.8. The molecule has 0 radical (unpaired) electrons. The van der Waals surface area contributed by atoms with Crippen molar-refractivity contribution < 1.29 is 17.9 Å². The number of allylic oxidation sites excluding steroid dienone is 1. The highest BCUT2D eigenvalue weighted by Gasteiger charge is 2.61. The van der Waals surface area contributed by atoms with Gasteiger partial charge in [0.05, 0.1) is 15.9 Å². The van der Waals surface area contributed by atoms with Crippen LogP contribution in [-0.4, -0.2) is 24.5 Å². The number of nitrogens with zero attached hydrogens (tertiary/aromatic N) is 1. The molecule has 0 bridgehead atoms. The molecule has 0 N–H and O–H groups in total. The molecule has 6 rings (SSSR count). The van der Waals surface area contributed by atoms with E-state index >= 15 is 0 Å². The van der Waals surface area contributed by atoms with Crippen LogP contribution in [-0.2, 0) is 31.4 Å². The number of hydrogen-bond donors (Lipinski definition) is 0. The summed E-state index contributed by atoms with van der Waals surface area (Å²) in [6.45, 7) is 10.3. The first-order valence-corrected chi connectivity index (χ1v) is 15.7. The molecule has 208 valence electrons. The number of benzene rings is 3. The molecule has 0 aliphatic heterocycles. The fraction of sp³-hybridized carbons (Fsp3) is 0.382. The summed E-state index contributed by atoms with van der Waals surface area (Å²) < 4.78 is 35.9. The summed E-state index contributed by atoms with van der Waals surface area (Å²) in [5.41, 5.74) is 3.23. The molecule has 1 aromatic heterocycles. The van der Waals surface area contributed by atoms with Crippen molar-refractivity contribution in [1.29, 1.82) is 0 Å². The van der Waals surface area contributed by atoms with Gasteiger partial charge < -0.3 is 4.74 Å². The minimum absolute atomic E-state index is 0.0798. The van der Waals surface area contributed by atoms with Crippen LogP contribution in [0, 0.1) is 11.3 Å². The van der Waals surface area contributed by atoms with Gasteiger partial charge in [0.15, 0.2) is 0 Å². The van der Waals surface area contributed by atoms with E-state index in [1.54, 1.807) is 24.3 Å². The van der Waals surface area contributed by atoms with Gasteiger partial charge >= 0.3 is 5.97 Å². The molecule has 40 heavy (non-hydrogen) atoms. The maximum atomic E-state index is 14.1. The van der Waals surface area contributed by atoms with E-state index in [2.05, 4.69) is 32.6 Å². The standard InChI is InChI=1S/C34H37NO4S/c1-5-6-19-34-29-22-28-27-14-10-11-15-30(27)35(40(37,38)26-12-8-7-9-13-26)31(28)21-25(29)18-20-33(34,4)23(2)16-17-32(34)39-24(3)36/h5,7-15,21-23,32H,1,6,16-20H2,2-4H3/t23-,32+,33+,34-/m1/s1. The fourth-order valence-electron chi connectivity index (χ4n) is 7.99. The average molecular weight is 556 g/mol. The first-order valence-electron chi connectivity index (χ1n) is 14.3. The number of fused-ring (bicyclic) bond motifs is 6. The van der Waals surface area contributed by atoms with Gasteiger partial charge in [-0.2, -0.15) is 0 Å². The van der Waals surface area contributed by atoms with Gasteiger partial charge in [-0.15, -0.1) is 6.58 Å². The van der Waals surface area contributed by atoms with E-state index in [9.17, 15) is 13.2 Å². The second-order valence-electron chi connectivity index (χ2n) is 11.9. The number of rotatable bonds is 6. The van der Waals surface area contributed by atoms with E-state index in [0.717, 1.165) is 54.9 Å². The topological polar surface area (TPSA) is 65.4 Å². The molecular weight excluding hydrogens is 518 g/mol. The van der Waals surface area contributed by atoms with Crippen LogP contribution in [0.5, 0.6) is 0 Å². The van der Waals surface area contributed by atoms with Gasteiger partial charge in [-0.3, -0.25) is 4.79 Å². The Bertz CT molecular complexity index is 1740. The van der Waals surface area contributed by atoms with Gasteiger partial charge in [0, 0.05) is 23.1 Å². The van der Waals surface area contributed by atoms with E-state index in [4.69, 9.17) is 4.74 Å². The summed E-state index contributed by atoms with van der Waals surface area (Å²) >= 11 is 0. The SMILES string of the molecule is C=CCC[C@]12c3cc4c5ccccc5n(S(=O)(=O)c5ccccc5)c4cc3CC[C@@]1(C)[C@H](C)CC[C@@H]2OC(C)=O. The number of para-hydroxylation sites is 1. The summed E-state index contributed by atoms with van der Waals surface area (Å²) in [5.74, 6) is 0.200. The van der Waals surface area contributed by atoms with Crippen molar-refractivity contribution in [2.45, 2.75) is 75.7 Å². The number of hydrogen-bond acceptors (Lipinski definition) is 4. The van der Waals surface area contributed by atoms with Gasteiger partial charge in [0.2, 0.25) is 0 Å². The van der Waals surface area contributed by atoms with Crippen LogP contribution < -0.4 is 0 Å². The molecule has 0 amide bonds. The largest absolute Gasteiger partial charge is 0.462 e. The van der Waals surface area contributed by atoms with Crippen molar-refractivity contribution in [2.75, 3.05) is 0 Å². The van der Waals surface area contributed by atoms with E-state index < -0.39 is 15.4 Å². The number of carbonyl (C=O) groups excluding carboxylic acids is 1. The van der Waals surface area contributed by atoms with Gasteiger partial charge in [0.25, 0.3) is 10.0 Å². The lowest BCUT2D eigenvalue weighted by Gasteiger charge is -2.61. The maximum absolute atomic E-state index is 14.1. The van der Waals surface area contributed by atoms with E-state index in [-0.39, 0.29) is 22.4 Å². The Morgan fingerprint density at radius 2 is 1.77 bits per heavy atom. The summed E-state index contributed by atoms with van der Waals surface area (Å²) in [4.78, 5) is 12.7. The van der Waals surface area contributed by atoms with Crippen molar-refractivity contribution in [2.24, 2.45) is 11.3 Å². The van der Waals surface area contributed by atoms with Crippen LogP contribution in [0.15, 0.2) is 84.3 Å². The highest BCUT2D eigenvalue weighted by molar-refractivity contribution is 7.90. The summed E-state index contributed by atoms with van der Waals surface area (Å²) in [6, 6.07) is 20.7. The normalized spacial score (nSPS) is 26.3. The molecule has 0 unspecified atom stereocenters. The third-order valence-corrected chi connectivity index (χ3v) is 11.8. The van der Waals surface area contributed by atoms with E-state index in [1.807, 2.05) is 36.4 Å². The zero-order valence-electron chi connectivity index (χ0n) is 23.5. The minimum Gasteiger partial charge on any atom is -0.462 e. The Labute approximate surface area is 236 Å². The molecule has 1 fully saturated rings. The number of aryl methyl sites for hydroxylation is 1. The quantitative estimate of drug-likeness (QED) is 0.182. The molecule has 1 saturated carbocycles. The summed E-state index contributed by atoms with van der Waals surface area (Å²) in [6.07, 6.45) is 6.98. The van der Waals surface area contributed by atoms with Crippen molar-refractivity contribution in [3.8, 4) is 0 Å². The number of esters is 1. The van der Waals surface area contributed by atoms with Crippen LogP contribution in [0.25, 0.3) is 21.8 Å². The van der Waals surface area contributed by atoms with E-state index in [0.29, 0.717) is 17.0 Å². The van der Waals surface area contributed by atoms with Crippen LogP contribution in [0.2, 0.25) is 0 Å². The zero-order valence-corrected chi connectivity index (χ0v) is 24.3. The molecule has 0 saturated heterocycles. The van der Waals surface area contributed by atoms with Crippen molar-refractivity contribution >= 4 is 37.8 Å². The first-order chi connectivity index (χ1) is 19.1. The molecule has 3 aromatic carbocycles. The van der Waals surface area contributed by atoms with Crippen LogP contribution in [0.1, 0.15) is 64.0 Å². The Hall–Kier alpha value is -3.38. The average Bonchev–Trinajstić information content (AvgIpc) is 3.28. The smallest absolute Gasteiger partial charge is 0.302 e. The van der Waals surface area contributed by atoms with Gasteiger partial charge in [0.1, 0.15) is 6.10 Å². The van der Waals surface area contributed by atoms with Crippen LogP contribution >= 0.6 is 0 Å². The maximum Gasteiger partial charge on any atom is 0.302 e. The van der Waals surface area contributed by atoms with Crippen molar-refractivity contribution in [1.82, 2.24) is 3.97 Å². The molecule has 4 atom stereocenters. The Morgan fingerprint density at radius 3 is 2.50 bits per heavy atom. The Balaban J connectivity index is 1.69. The number of aromatic nitrogens is 1. The van der Waals surface area contributed by atoms with Crippen LogP contribution in [0.3, 0.4) is 0 Å². The second kappa shape index (κ2) is 9.62. The second-order valence-corrected chi connectivity index (χ2v) is 13.7. The lowest BCUT2D eigenvalue weighted by molar-refractivity contribution is -0.166. The Kier molecular flexibility index (Phi) is 6.45. The third-order valence-electron chi connectivity index (χ3n) is 10.1. The highest BCUT2D eigenvalue weighted by atomic mass is 32.2. The van der Waals surface area contributed by atoms with Gasteiger partial charge in [-0.05, 0) is 91.3 Å². The lowest BCUT2D eigenvalue weighted by atomic mass is 9.44. The minimum atomic E-state index is -3.84. The predicted octanol–water partition coefficient (Wildman–Crippen LogP) is 7.55. The molecule has 1 heterocycles. The molecule has 4 aromatic rings. The molecular formula is C34H37NO4S. The molecule has 6 heteroatoms. The third kappa shape index (κ3) is 3.72. The summed E-state index contributed by atoms with van der Waals surface area (Å²) in [7, 11) is -3.84. The summed E-state index contributed by atoms with van der Waals surface area (Å²) in [5, 5.41) is 1.81. The van der Waals surface area contributed by atoms with Crippen molar-refractivity contribution in [3.05, 3.63) is 90.5 Å². The number of ether oxygens (including phenoxy) is 1. The van der Waals surface area contributed by atoms with Crippen molar-refractivity contribution in [3.63, 3.8) is 0 Å².